The van der Waals surface area contributed by atoms with Gasteiger partial charge in [0.2, 0.25) is 0 Å². The van der Waals surface area contributed by atoms with E-state index in [1.165, 1.54) is 0 Å². The highest BCUT2D eigenvalue weighted by Crippen LogP contribution is 2.32. The van der Waals surface area contributed by atoms with Crippen LogP contribution in [0.2, 0.25) is 0 Å². The summed E-state index contributed by atoms with van der Waals surface area (Å²) in [6.45, 7) is 10.4. The van der Waals surface area contributed by atoms with Crippen LogP contribution in [0.5, 0.6) is 0 Å². The molecule has 6 nitrogen and oxygen atoms in total. The Bertz CT molecular complexity index is 341. The minimum Gasteiger partial charge on any atom is -0.480 e. The zero-order valence-electron chi connectivity index (χ0n) is 13.5. The monoisotopic (exact) mass is 299 g/mol. The van der Waals surface area contributed by atoms with E-state index >= 15 is 0 Å². The molecule has 1 rings (SSSR count). The fourth-order valence-electron chi connectivity index (χ4n) is 2.46. The van der Waals surface area contributed by atoms with Gasteiger partial charge in [-0.2, -0.15) is 0 Å². The highest BCUT2D eigenvalue weighted by molar-refractivity contribution is 5.83. The van der Waals surface area contributed by atoms with Crippen molar-refractivity contribution in [3.63, 3.8) is 0 Å². The summed E-state index contributed by atoms with van der Waals surface area (Å²) in [7, 11) is 0. The maximum atomic E-state index is 12.2. The number of carbonyl (C=O) groups excluding carboxylic acids is 1. The molecule has 21 heavy (non-hydrogen) atoms. The molecule has 122 valence electrons. The molecule has 6 heteroatoms. The van der Waals surface area contributed by atoms with Crippen LogP contribution in [0.4, 0.5) is 4.79 Å². The van der Waals surface area contributed by atoms with Crippen molar-refractivity contribution >= 4 is 12.0 Å². The summed E-state index contributed by atoms with van der Waals surface area (Å²) in [6, 6.07) is -0.981. The molecule has 1 fully saturated rings. The first-order valence-electron chi connectivity index (χ1n) is 8.04. The summed E-state index contributed by atoms with van der Waals surface area (Å²) in [5, 5.41) is 11.8. The second-order valence-corrected chi connectivity index (χ2v) is 5.56. The molecule has 1 saturated carbocycles. The van der Waals surface area contributed by atoms with E-state index in [-0.39, 0.29) is 11.9 Å². The van der Waals surface area contributed by atoms with Crippen LogP contribution in [0.15, 0.2) is 0 Å². The first-order valence-corrected chi connectivity index (χ1v) is 8.04. The fourth-order valence-corrected chi connectivity index (χ4v) is 2.46. The minimum atomic E-state index is -0.926. The molecule has 0 aromatic heterocycles. The molecular formula is C15H29N3O3. The predicted molar refractivity (Wildman–Crippen MR) is 82.3 cm³/mol. The van der Waals surface area contributed by atoms with Gasteiger partial charge in [0, 0.05) is 13.1 Å². The van der Waals surface area contributed by atoms with Gasteiger partial charge in [0.1, 0.15) is 6.04 Å². The van der Waals surface area contributed by atoms with E-state index in [9.17, 15) is 9.59 Å². The minimum absolute atomic E-state index is 0.112. The van der Waals surface area contributed by atoms with Gasteiger partial charge in [0.05, 0.1) is 0 Å². The number of rotatable bonds is 10. The van der Waals surface area contributed by atoms with Crippen molar-refractivity contribution in [3.05, 3.63) is 0 Å². The van der Waals surface area contributed by atoms with Crippen molar-refractivity contribution in [2.45, 2.75) is 46.1 Å². The van der Waals surface area contributed by atoms with Crippen LogP contribution in [0.25, 0.3) is 0 Å². The van der Waals surface area contributed by atoms with Gasteiger partial charge in [-0.3, -0.25) is 0 Å². The number of nitrogens with zero attached hydrogens (tertiary/aromatic N) is 2. The van der Waals surface area contributed by atoms with Gasteiger partial charge < -0.3 is 20.2 Å². The first-order chi connectivity index (χ1) is 10.0. The third kappa shape index (κ3) is 5.91. The lowest BCUT2D eigenvalue weighted by Gasteiger charge is -2.25. The number of carboxylic acids is 1. The maximum absolute atomic E-state index is 12.2. The van der Waals surface area contributed by atoms with Crippen LogP contribution in [-0.4, -0.2) is 65.7 Å². The fraction of sp³-hybridized carbons (Fsp3) is 0.867. The SMILES string of the molecule is CCN(CC)CCCN(CC)C(=O)NC(C(=O)O)C1CC1. The summed E-state index contributed by atoms with van der Waals surface area (Å²) >= 11 is 0. The first kappa shape index (κ1) is 17.8. The number of aliphatic carboxylic acids is 1. The number of carbonyl (C=O) groups is 2. The molecule has 0 radical (unpaired) electrons. The summed E-state index contributed by atoms with van der Waals surface area (Å²) in [4.78, 5) is 27.4. The molecule has 2 N–H and O–H groups in total. The summed E-state index contributed by atoms with van der Waals surface area (Å²) in [5.74, 6) is -0.814. The van der Waals surface area contributed by atoms with Crippen molar-refractivity contribution in [2.24, 2.45) is 5.92 Å². The van der Waals surface area contributed by atoms with Gasteiger partial charge in [0.15, 0.2) is 0 Å². The predicted octanol–water partition coefficient (Wildman–Crippen LogP) is 1.61. The Hall–Kier alpha value is -1.30. The van der Waals surface area contributed by atoms with Gasteiger partial charge in [-0.15, -0.1) is 0 Å². The molecule has 1 atom stereocenters. The molecule has 1 aliphatic carbocycles. The lowest BCUT2D eigenvalue weighted by atomic mass is 10.2. The van der Waals surface area contributed by atoms with Crippen molar-refractivity contribution < 1.29 is 14.7 Å². The molecule has 1 unspecified atom stereocenters. The van der Waals surface area contributed by atoms with Crippen LogP contribution in [-0.2, 0) is 4.79 Å². The third-order valence-electron chi connectivity index (χ3n) is 4.10. The van der Waals surface area contributed by atoms with Crippen LogP contribution < -0.4 is 5.32 Å². The second-order valence-electron chi connectivity index (χ2n) is 5.56. The molecule has 0 bridgehead atoms. The number of hydrogen-bond acceptors (Lipinski definition) is 3. The zero-order chi connectivity index (χ0) is 15.8. The topological polar surface area (TPSA) is 72.9 Å². The number of carboxylic acid groups (broad SMARTS) is 1. The van der Waals surface area contributed by atoms with E-state index in [2.05, 4.69) is 24.1 Å². The summed E-state index contributed by atoms with van der Waals surface area (Å²) in [6.07, 6.45) is 2.70. The lowest BCUT2D eigenvalue weighted by molar-refractivity contribution is -0.139. The van der Waals surface area contributed by atoms with Crippen LogP contribution in [0.1, 0.15) is 40.0 Å². The molecule has 1 aliphatic rings. The second kappa shape index (κ2) is 8.87. The summed E-state index contributed by atoms with van der Waals surface area (Å²) < 4.78 is 0. The van der Waals surface area contributed by atoms with Crippen molar-refractivity contribution in [1.82, 2.24) is 15.1 Å². The van der Waals surface area contributed by atoms with Crippen molar-refractivity contribution in [1.29, 1.82) is 0 Å². The Kier molecular flexibility index (Phi) is 7.50. The lowest BCUT2D eigenvalue weighted by Crippen LogP contribution is -2.49. The molecular weight excluding hydrogens is 270 g/mol. The van der Waals surface area contributed by atoms with Gasteiger partial charge in [-0.1, -0.05) is 13.8 Å². The average Bonchev–Trinajstić information content (AvgIpc) is 3.29. The Morgan fingerprint density at radius 3 is 2.19 bits per heavy atom. The van der Waals surface area contributed by atoms with E-state index in [1.807, 2.05) is 6.92 Å². The quantitative estimate of drug-likeness (QED) is 0.643. The highest BCUT2D eigenvalue weighted by Gasteiger charge is 2.37. The summed E-state index contributed by atoms with van der Waals surface area (Å²) in [5.41, 5.74) is 0. The van der Waals surface area contributed by atoms with Crippen LogP contribution in [0.3, 0.4) is 0 Å². The molecule has 2 amide bonds. The maximum Gasteiger partial charge on any atom is 0.326 e. The Morgan fingerprint density at radius 2 is 1.76 bits per heavy atom. The Morgan fingerprint density at radius 1 is 1.14 bits per heavy atom. The number of nitrogens with one attached hydrogen (secondary N) is 1. The van der Waals surface area contributed by atoms with Gasteiger partial charge in [-0.25, -0.2) is 9.59 Å². The molecule has 0 heterocycles. The largest absolute Gasteiger partial charge is 0.480 e. The van der Waals surface area contributed by atoms with E-state index < -0.39 is 12.0 Å². The van der Waals surface area contributed by atoms with Gasteiger partial charge >= 0.3 is 12.0 Å². The normalized spacial score (nSPS) is 15.8. The third-order valence-corrected chi connectivity index (χ3v) is 4.10. The average molecular weight is 299 g/mol. The standard InChI is InChI=1S/C15H29N3O3/c1-4-17(5-2)10-7-11-18(6-3)15(21)16-13(14(19)20)12-8-9-12/h12-13H,4-11H2,1-3H3,(H,16,21)(H,19,20). The van der Waals surface area contributed by atoms with Crippen molar-refractivity contribution in [2.75, 3.05) is 32.7 Å². The number of amides is 2. The van der Waals surface area contributed by atoms with E-state index in [1.54, 1.807) is 4.90 Å². The van der Waals surface area contributed by atoms with E-state index in [0.717, 1.165) is 38.9 Å². The smallest absolute Gasteiger partial charge is 0.326 e. The molecule has 0 saturated heterocycles. The van der Waals surface area contributed by atoms with Gasteiger partial charge in [0.25, 0.3) is 0 Å². The number of hydrogen-bond donors (Lipinski definition) is 2. The van der Waals surface area contributed by atoms with E-state index in [4.69, 9.17) is 5.11 Å². The molecule has 0 spiro atoms. The van der Waals surface area contributed by atoms with E-state index in [0.29, 0.717) is 13.1 Å². The van der Waals surface area contributed by atoms with Crippen LogP contribution in [0, 0.1) is 5.92 Å². The van der Waals surface area contributed by atoms with Gasteiger partial charge in [-0.05, 0) is 51.7 Å². The Balaban J connectivity index is 2.39. The Labute approximate surface area is 127 Å². The van der Waals surface area contributed by atoms with Crippen molar-refractivity contribution in [3.8, 4) is 0 Å². The number of urea groups is 1. The van der Waals surface area contributed by atoms with Crippen LogP contribution >= 0.6 is 0 Å². The molecule has 0 aromatic carbocycles. The zero-order valence-corrected chi connectivity index (χ0v) is 13.5. The highest BCUT2D eigenvalue weighted by atomic mass is 16.4. The molecule has 0 aliphatic heterocycles. The molecule has 0 aromatic rings.